The maximum atomic E-state index is 10.9. The second-order valence-corrected chi connectivity index (χ2v) is 5.18. The highest BCUT2D eigenvalue weighted by atomic mass is 16.1. The second-order valence-electron chi connectivity index (χ2n) is 5.18. The van der Waals surface area contributed by atoms with E-state index in [-0.39, 0.29) is 12.5 Å². The van der Waals surface area contributed by atoms with Gasteiger partial charge in [0.2, 0.25) is 5.91 Å². The van der Waals surface area contributed by atoms with E-state index >= 15 is 0 Å². The normalized spacial score (nSPS) is 17.5. The van der Waals surface area contributed by atoms with E-state index < -0.39 is 0 Å². The summed E-state index contributed by atoms with van der Waals surface area (Å²) in [5, 5.41) is 7.63. The van der Waals surface area contributed by atoms with Crippen LogP contribution in [0.5, 0.6) is 0 Å². The van der Waals surface area contributed by atoms with Gasteiger partial charge in [-0.05, 0) is 30.4 Å². The minimum atomic E-state index is -0.386. The molecule has 2 aromatic rings. The Balaban J connectivity index is 1.75. The molecule has 0 aliphatic heterocycles. The number of primary amides is 1. The minimum absolute atomic E-state index is 0.114. The number of nitrogens with one attached hydrogen (secondary N) is 1. The number of aromatic nitrogens is 2. The van der Waals surface area contributed by atoms with Gasteiger partial charge in [-0.2, -0.15) is 5.10 Å². The number of anilines is 1. The molecule has 1 aliphatic rings. The van der Waals surface area contributed by atoms with Gasteiger partial charge in [0.05, 0.1) is 17.9 Å². The van der Waals surface area contributed by atoms with Crippen LogP contribution in [0.1, 0.15) is 30.0 Å². The molecule has 0 saturated carbocycles. The van der Waals surface area contributed by atoms with Gasteiger partial charge in [0.25, 0.3) is 0 Å². The predicted molar refractivity (Wildman–Crippen MR) is 77.2 cm³/mol. The molecule has 1 heterocycles. The van der Waals surface area contributed by atoms with Crippen LogP contribution in [0.25, 0.3) is 0 Å². The molecule has 0 radical (unpaired) electrons. The lowest BCUT2D eigenvalue weighted by Crippen LogP contribution is -2.19. The number of nitrogens with zero attached hydrogens (tertiary/aromatic N) is 2. The number of aryl methyl sites for hydroxylation is 1. The monoisotopic (exact) mass is 270 g/mol. The fourth-order valence-corrected chi connectivity index (χ4v) is 2.79. The Morgan fingerprint density at radius 3 is 3.15 bits per heavy atom. The molecule has 1 unspecified atom stereocenters. The second kappa shape index (κ2) is 5.36. The van der Waals surface area contributed by atoms with Gasteiger partial charge < -0.3 is 11.1 Å². The van der Waals surface area contributed by atoms with Gasteiger partial charge in [-0.1, -0.05) is 24.3 Å². The van der Waals surface area contributed by atoms with E-state index in [2.05, 4.69) is 34.7 Å². The number of hydrogen-bond acceptors (Lipinski definition) is 3. The third-order valence-corrected chi connectivity index (χ3v) is 3.66. The summed E-state index contributed by atoms with van der Waals surface area (Å²) >= 11 is 0. The van der Waals surface area contributed by atoms with E-state index in [0.717, 1.165) is 18.5 Å². The van der Waals surface area contributed by atoms with Crippen LogP contribution in [0, 0.1) is 0 Å². The zero-order chi connectivity index (χ0) is 13.9. The summed E-state index contributed by atoms with van der Waals surface area (Å²) in [4.78, 5) is 10.9. The van der Waals surface area contributed by atoms with Crippen molar-refractivity contribution < 1.29 is 4.79 Å². The van der Waals surface area contributed by atoms with Crippen molar-refractivity contribution in [1.82, 2.24) is 9.78 Å². The number of rotatable bonds is 4. The third-order valence-electron chi connectivity index (χ3n) is 3.66. The number of amides is 1. The molecule has 1 amide bonds. The summed E-state index contributed by atoms with van der Waals surface area (Å²) in [7, 11) is 0. The Morgan fingerprint density at radius 1 is 1.45 bits per heavy atom. The molecule has 3 rings (SSSR count). The van der Waals surface area contributed by atoms with Crippen molar-refractivity contribution in [2.75, 3.05) is 5.32 Å². The molecular weight excluding hydrogens is 252 g/mol. The molecule has 1 aromatic heterocycles. The number of hydrogen-bond donors (Lipinski definition) is 2. The highest BCUT2D eigenvalue weighted by Gasteiger charge is 2.19. The molecule has 20 heavy (non-hydrogen) atoms. The highest BCUT2D eigenvalue weighted by Crippen LogP contribution is 2.32. The molecule has 5 heteroatoms. The van der Waals surface area contributed by atoms with E-state index in [9.17, 15) is 4.79 Å². The van der Waals surface area contributed by atoms with Crippen LogP contribution >= 0.6 is 0 Å². The van der Waals surface area contributed by atoms with Gasteiger partial charge >= 0.3 is 0 Å². The Bertz CT molecular complexity index is 620. The van der Waals surface area contributed by atoms with Gasteiger partial charge in [0.1, 0.15) is 6.54 Å². The SMILES string of the molecule is NC(=O)Cn1cc(NC2CCCc3ccccc32)cn1. The third kappa shape index (κ3) is 2.66. The average Bonchev–Trinajstić information content (AvgIpc) is 2.86. The molecule has 1 atom stereocenters. The number of carbonyl (C=O) groups is 1. The number of nitrogens with two attached hydrogens (primary N) is 1. The van der Waals surface area contributed by atoms with Crippen LogP contribution in [-0.2, 0) is 17.8 Å². The zero-order valence-corrected chi connectivity index (χ0v) is 11.2. The number of carbonyl (C=O) groups excluding carboxylic acids is 1. The molecular formula is C15H18N4O. The van der Waals surface area contributed by atoms with E-state index in [1.165, 1.54) is 17.5 Å². The Hall–Kier alpha value is -2.30. The van der Waals surface area contributed by atoms with E-state index in [1.54, 1.807) is 10.9 Å². The molecule has 3 N–H and O–H groups in total. The van der Waals surface area contributed by atoms with Gasteiger partial charge in [0.15, 0.2) is 0 Å². The van der Waals surface area contributed by atoms with Crippen molar-refractivity contribution in [3.63, 3.8) is 0 Å². The predicted octanol–water partition coefficient (Wildman–Crippen LogP) is 1.86. The first-order chi connectivity index (χ1) is 9.72. The molecule has 0 fully saturated rings. The van der Waals surface area contributed by atoms with Crippen LogP contribution in [-0.4, -0.2) is 15.7 Å². The maximum Gasteiger partial charge on any atom is 0.239 e. The molecule has 0 bridgehead atoms. The van der Waals surface area contributed by atoms with Gasteiger partial charge in [0, 0.05) is 6.20 Å². The van der Waals surface area contributed by atoms with Crippen molar-refractivity contribution in [2.45, 2.75) is 31.8 Å². The zero-order valence-electron chi connectivity index (χ0n) is 11.2. The summed E-state index contributed by atoms with van der Waals surface area (Å²) < 4.78 is 1.55. The fourth-order valence-electron chi connectivity index (χ4n) is 2.79. The Kier molecular flexibility index (Phi) is 3.41. The van der Waals surface area contributed by atoms with Crippen molar-refractivity contribution in [3.8, 4) is 0 Å². The van der Waals surface area contributed by atoms with E-state index in [0.29, 0.717) is 6.04 Å². The first-order valence-corrected chi connectivity index (χ1v) is 6.87. The van der Waals surface area contributed by atoms with Crippen LogP contribution in [0.15, 0.2) is 36.7 Å². The molecule has 0 saturated heterocycles. The van der Waals surface area contributed by atoms with Crippen LogP contribution in [0.3, 0.4) is 0 Å². The maximum absolute atomic E-state index is 10.9. The first kappa shape index (κ1) is 12.7. The highest BCUT2D eigenvalue weighted by molar-refractivity contribution is 5.73. The first-order valence-electron chi connectivity index (χ1n) is 6.87. The molecule has 0 spiro atoms. The summed E-state index contributed by atoms with van der Waals surface area (Å²) in [6, 6.07) is 8.85. The number of fused-ring (bicyclic) bond motifs is 1. The van der Waals surface area contributed by atoms with Gasteiger partial charge in [-0.25, -0.2) is 0 Å². The van der Waals surface area contributed by atoms with Gasteiger partial charge in [-0.15, -0.1) is 0 Å². The summed E-state index contributed by atoms with van der Waals surface area (Å²) in [5.74, 6) is -0.386. The average molecular weight is 270 g/mol. The topological polar surface area (TPSA) is 72.9 Å². The molecule has 5 nitrogen and oxygen atoms in total. The van der Waals surface area contributed by atoms with Crippen molar-refractivity contribution in [3.05, 3.63) is 47.8 Å². The van der Waals surface area contributed by atoms with Crippen molar-refractivity contribution >= 4 is 11.6 Å². The molecule has 1 aliphatic carbocycles. The lowest BCUT2D eigenvalue weighted by Gasteiger charge is -2.26. The number of benzene rings is 1. The van der Waals surface area contributed by atoms with Crippen molar-refractivity contribution in [1.29, 1.82) is 0 Å². The van der Waals surface area contributed by atoms with E-state index in [1.807, 2.05) is 6.20 Å². The minimum Gasteiger partial charge on any atom is -0.376 e. The lowest BCUT2D eigenvalue weighted by molar-refractivity contribution is -0.118. The van der Waals surface area contributed by atoms with E-state index in [4.69, 9.17) is 5.73 Å². The fraction of sp³-hybridized carbons (Fsp3) is 0.333. The summed E-state index contributed by atoms with van der Waals surface area (Å²) in [6.07, 6.45) is 7.00. The Morgan fingerprint density at radius 2 is 2.30 bits per heavy atom. The molecule has 104 valence electrons. The quantitative estimate of drug-likeness (QED) is 0.890. The van der Waals surface area contributed by atoms with Crippen LogP contribution < -0.4 is 11.1 Å². The van der Waals surface area contributed by atoms with Crippen molar-refractivity contribution in [2.24, 2.45) is 5.73 Å². The summed E-state index contributed by atoms with van der Waals surface area (Å²) in [5.41, 5.74) is 8.86. The lowest BCUT2D eigenvalue weighted by atomic mass is 9.88. The Labute approximate surface area is 117 Å². The molecule has 1 aromatic carbocycles. The standard InChI is InChI=1S/C15H18N4O/c16-15(20)10-19-9-12(8-17-19)18-14-7-3-5-11-4-1-2-6-13(11)14/h1-2,4,6,8-9,14,18H,3,5,7,10H2,(H2,16,20). The van der Waals surface area contributed by atoms with Gasteiger partial charge in [-0.3, -0.25) is 9.48 Å². The summed E-state index contributed by atoms with van der Waals surface area (Å²) in [6.45, 7) is 0.114. The van der Waals surface area contributed by atoms with Crippen LogP contribution in [0.2, 0.25) is 0 Å². The smallest absolute Gasteiger partial charge is 0.239 e. The largest absolute Gasteiger partial charge is 0.376 e. The van der Waals surface area contributed by atoms with Crippen LogP contribution in [0.4, 0.5) is 5.69 Å².